The topological polar surface area (TPSA) is 16.1 Å². The van der Waals surface area contributed by atoms with Crippen LogP contribution < -0.4 is 4.90 Å². The molecule has 2 rings (SSSR count). The maximum atomic E-state index is 13.5. The van der Waals surface area contributed by atoms with E-state index < -0.39 is 17.6 Å². The van der Waals surface area contributed by atoms with Gasteiger partial charge in [-0.2, -0.15) is 9.37 Å². The molecule has 1 fully saturated rings. The molecule has 0 saturated carbocycles. The minimum atomic E-state index is -1.25. The number of anilines is 1. The van der Waals surface area contributed by atoms with Crippen LogP contribution in [0.15, 0.2) is 6.07 Å². The molecule has 1 aromatic heterocycles. The molecule has 1 aromatic rings. The first-order valence-corrected chi connectivity index (χ1v) is 5.75. The highest BCUT2D eigenvalue weighted by molar-refractivity contribution is 5.40. The zero-order valence-electron chi connectivity index (χ0n) is 9.88. The van der Waals surface area contributed by atoms with Gasteiger partial charge in [-0.25, -0.2) is 8.78 Å². The summed E-state index contributed by atoms with van der Waals surface area (Å²) in [4.78, 5) is 5.05. The Hall–Kier alpha value is -1.26. The van der Waals surface area contributed by atoms with Crippen molar-refractivity contribution in [3.05, 3.63) is 23.6 Å². The second-order valence-corrected chi connectivity index (χ2v) is 4.76. The largest absolute Gasteiger partial charge is 0.354 e. The molecule has 2 unspecified atom stereocenters. The fraction of sp³-hybridized carbons (Fsp3) is 0.583. The molecule has 0 spiro atoms. The third kappa shape index (κ3) is 2.37. The van der Waals surface area contributed by atoms with Crippen LogP contribution in [0, 0.1) is 29.4 Å². The van der Waals surface area contributed by atoms with Crippen LogP contribution in [0.4, 0.5) is 19.0 Å². The van der Waals surface area contributed by atoms with Crippen LogP contribution in [0.3, 0.4) is 0 Å². The van der Waals surface area contributed by atoms with Crippen molar-refractivity contribution < 1.29 is 13.2 Å². The van der Waals surface area contributed by atoms with Crippen LogP contribution >= 0.6 is 0 Å². The van der Waals surface area contributed by atoms with Gasteiger partial charge in [0.25, 0.3) is 5.95 Å². The molecule has 5 heteroatoms. The van der Waals surface area contributed by atoms with Crippen LogP contribution in [-0.2, 0) is 0 Å². The molecule has 94 valence electrons. The van der Waals surface area contributed by atoms with Crippen molar-refractivity contribution in [2.75, 3.05) is 18.0 Å². The zero-order valence-corrected chi connectivity index (χ0v) is 9.88. The van der Waals surface area contributed by atoms with Crippen molar-refractivity contribution in [3.63, 3.8) is 0 Å². The van der Waals surface area contributed by atoms with E-state index in [4.69, 9.17) is 0 Å². The predicted octanol–water partition coefficient (Wildman–Crippen LogP) is 2.98. The van der Waals surface area contributed by atoms with Gasteiger partial charge in [-0.3, -0.25) is 0 Å². The van der Waals surface area contributed by atoms with Gasteiger partial charge in [0.15, 0.2) is 17.5 Å². The van der Waals surface area contributed by atoms with Crippen molar-refractivity contribution in [1.29, 1.82) is 0 Å². The summed E-state index contributed by atoms with van der Waals surface area (Å²) in [5.74, 6) is -2.43. The molecule has 1 aliphatic heterocycles. The minimum absolute atomic E-state index is 0.0809. The van der Waals surface area contributed by atoms with Gasteiger partial charge in [0, 0.05) is 19.2 Å². The van der Waals surface area contributed by atoms with E-state index in [-0.39, 0.29) is 5.82 Å². The first-order valence-electron chi connectivity index (χ1n) is 5.75. The Morgan fingerprint density at radius 3 is 2.53 bits per heavy atom. The van der Waals surface area contributed by atoms with E-state index in [1.165, 1.54) is 0 Å². The van der Waals surface area contributed by atoms with Gasteiger partial charge in [0.05, 0.1) is 0 Å². The summed E-state index contributed by atoms with van der Waals surface area (Å²) in [5, 5.41) is 0. The Morgan fingerprint density at radius 2 is 1.88 bits per heavy atom. The van der Waals surface area contributed by atoms with Gasteiger partial charge in [0.2, 0.25) is 0 Å². The van der Waals surface area contributed by atoms with Crippen LogP contribution in [0.2, 0.25) is 0 Å². The maximum Gasteiger partial charge on any atom is 0.251 e. The summed E-state index contributed by atoms with van der Waals surface area (Å²) in [6.45, 7) is 5.45. The molecular formula is C12H15F3N2. The lowest BCUT2D eigenvalue weighted by atomic mass is 9.89. The highest BCUT2D eigenvalue weighted by Gasteiger charge is 2.26. The second kappa shape index (κ2) is 4.55. The monoisotopic (exact) mass is 244 g/mol. The number of halogens is 3. The Labute approximate surface area is 98.5 Å². The fourth-order valence-corrected chi connectivity index (χ4v) is 2.11. The smallest absolute Gasteiger partial charge is 0.251 e. The van der Waals surface area contributed by atoms with Crippen LogP contribution in [0.5, 0.6) is 0 Å². The van der Waals surface area contributed by atoms with Crippen molar-refractivity contribution in [2.45, 2.75) is 20.3 Å². The summed E-state index contributed by atoms with van der Waals surface area (Å²) in [5.41, 5.74) is 0. The highest BCUT2D eigenvalue weighted by Crippen LogP contribution is 2.27. The highest BCUT2D eigenvalue weighted by atomic mass is 19.2. The Morgan fingerprint density at radius 1 is 1.18 bits per heavy atom. The van der Waals surface area contributed by atoms with Gasteiger partial charge < -0.3 is 4.90 Å². The SMILES string of the molecule is CC1CCN(c2nc(F)c(F)cc2F)CC1C. The molecule has 0 radical (unpaired) electrons. The molecule has 2 nitrogen and oxygen atoms in total. The lowest BCUT2D eigenvalue weighted by molar-refractivity contribution is 0.319. The average molecular weight is 244 g/mol. The summed E-state index contributed by atoms with van der Waals surface area (Å²) in [7, 11) is 0. The van der Waals surface area contributed by atoms with Crippen molar-refractivity contribution in [1.82, 2.24) is 4.98 Å². The number of piperidine rings is 1. The molecule has 1 aliphatic rings. The van der Waals surface area contributed by atoms with E-state index in [0.717, 1.165) is 6.42 Å². The molecule has 0 amide bonds. The number of aromatic nitrogens is 1. The molecule has 0 N–H and O–H groups in total. The maximum absolute atomic E-state index is 13.5. The van der Waals surface area contributed by atoms with Gasteiger partial charge in [0.1, 0.15) is 0 Å². The van der Waals surface area contributed by atoms with E-state index >= 15 is 0 Å². The molecular weight excluding hydrogens is 229 g/mol. The third-order valence-corrected chi connectivity index (χ3v) is 3.50. The summed E-state index contributed by atoms with van der Waals surface area (Å²) in [6.07, 6.45) is 0.904. The fourth-order valence-electron chi connectivity index (χ4n) is 2.11. The van der Waals surface area contributed by atoms with Gasteiger partial charge in [-0.1, -0.05) is 13.8 Å². The average Bonchev–Trinajstić information content (AvgIpc) is 2.27. The number of hydrogen-bond acceptors (Lipinski definition) is 2. The Bertz CT molecular complexity index is 422. The lowest BCUT2D eigenvalue weighted by Gasteiger charge is -2.36. The molecule has 0 aromatic carbocycles. The van der Waals surface area contributed by atoms with Gasteiger partial charge in [-0.15, -0.1) is 0 Å². The molecule has 0 bridgehead atoms. The summed E-state index contributed by atoms with van der Waals surface area (Å²) < 4.78 is 39.3. The lowest BCUT2D eigenvalue weighted by Crippen LogP contribution is -2.39. The molecule has 1 saturated heterocycles. The van der Waals surface area contributed by atoms with E-state index in [1.807, 2.05) is 0 Å². The Kier molecular flexibility index (Phi) is 3.26. The van der Waals surface area contributed by atoms with Gasteiger partial charge >= 0.3 is 0 Å². The Balaban J connectivity index is 2.26. The first kappa shape index (κ1) is 12.2. The van der Waals surface area contributed by atoms with E-state index in [1.54, 1.807) is 4.90 Å². The first-order chi connectivity index (χ1) is 7.99. The predicted molar refractivity (Wildman–Crippen MR) is 59.3 cm³/mol. The van der Waals surface area contributed by atoms with E-state index in [0.29, 0.717) is 31.0 Å². The number of nitrogens with zero attached hydrogens (tertiary/aromatic N) is 2. The number of pyridine rings is 1. The van der Waals surface area contributed by atoms with Crippen molar-refractivity contribution in [3.8, 4) is 0 Å². The van der Waals surface area contributed by atoms with Crippen LogP contribution in [0.1, 0.15) is 20.3 Å². The van der Waals surface area contributed by atoms with Crippen molar-refractivity contribution in [2.24, 2.45) is 11.8 Å². The zero-order chi connectivity index (χ0) is 12.6. The minimum Gasteiger partial charge on any atom is -0.354 e. The second-order valence-electron chi connectivity index (χ2n) is 4.76. The van der Waals surface area contributed by atoms with Crippen molar-refractivity contribution >= 4 is 5.82 Å². The standard InChI is InChI=1S/C12H15F3N2/c1-7-3-4-17(6-8(7)2)12-10(14)5-9(13)11(15)16-12/h5,7-8H,3-4,6H2,1-2H3. The van der Waals surface area contributed by atoms with Crippen LogP contribution in [-0.4, -0.2) is 18.1 Å². The van der Waals surface area contributed by atoms with E-state index in [9.17, 15) is 13.2 Å². The molecule has 17 heavy (non-hydrogen) atoms. The normalized spacial score (nSPS) is 25.1. The summed E-state index contributed by atoms with van der Waals surface area (Å²) in [6, 6.07) is 0.556. The molecule has 2 heterocycles. The summed E-state index contributed by atoms with van der Waals surface area (Å²) >= 11 is 0. The van der Waals surface area contributed by atoms with Gasteiger partial charge in [-0.05, 0) is 18.3 Å². The quantitative estimate of drug-likeness (QED) is 0.706. The number of hydrogen-bond donors (Lipinski definition) is 0. The van der Waals surface area contributed by atoms with E-state index in [2.05, 4.69) is 18.8 Å². The number of rotatable bonds is 1. The van der Waals surface area contributed by atoms with Crippen LogP contribution in [0.25, 0.3) is 0 Å². The molecule has 0 aliphatic carbocycles. The third-order valence-electron chi connectivity index (χ3n) is 3.50. The molecule has 2 atom stereocenters.